The van der Waals surface area contributed by atoms with Crippen LogP contribution in [0.5, 0.6) is 0 Å². The molecule has 2 N–H and O–H groups in total. The predicted molar refractivity (Wildman–Crippen MR) is 119 cm³/mol. The van der Waals surface area contributed by atoms with E-state index in [1.165, 1.54) is 0 Å². The van der Waals surface area contributed by atoms with E-state index >= 15 is 0 Å². The molecular formula is C25H31NO4. The molecule has 2 aromatic rings. The molecule has 30 heavy (non-hydrogen) atoms. The largest absolute Gasteiger partial charge is 0.463 e. The number of esters is 2. The Morgan fingerprint density at radius 3 is 2.10 bits per heavy atom. The first-order valence-corrected chi connectivity index (χ1v) is 10.1. The fourth-order valence-corrected chi connectivity index (χ4v) is 3.09. The zero-order valence-corrected chi connectivity index (χ0v) is 18.3. The van der Waals surface area contributed by atoms with Crippen molar-refractivity contribution in [2.45, 2.75) is 52.2 Å². The van der Waals surface area contributed by atoms with Crippen molar-refractivity contribution in [2.24, 2.45) is 5.73 Å². The average Bonchev–Trinajstić information content (AvgIpc) is 2.68. The molecule has 0 amide bonds. The summed E-state index contributed by atoms with van der Waals surface area (Å²) in [6, 6.07) is 16.9. The summed E-state index contributed by atoms with van der Waals surface area (Å²) < 4.78 is 10.6. The molecule has 2 aromatic carbocycles. The molecule has 5 heteroatoms. The Hall–Kier alpha value is -2.92. The molecule has 0 aliphatic heterocycles. The van der Waals surface area contributed by atoms with Crippen LogP contribution in [0, 0.1) is 0 Å². The second kappa shape index (κ2) is 10.2. The lowest BCUT2D eigenvalue weighted by atomic mass is 9.89. The third-order valence-corrected chi connectivity index (χ3v) is 4.46. The number of benzene rings is 2. The van der Waals surface area contributed by atoms with Crippen LogP contribution < -0.4 is 5.73 Å². The molecule has 0 fully saturated rings. The van der Waals surface area contributed by atoms with Crippen LogP contribution in [0.25, 0.3) is 11.1 Å². The highest BCUT2D eigenvalue weighted by Crippen LogP contribution is 2.27. The fraction of sp³-hybridized carbons (Fsp3) is 0.360. The van der Waals surface area contributed by atoms with Gasteiger partial charge in [0.15, 0.2) is 0 Å². The molecule has 0 saturated heterocycles. The summed E-state index contributed by atoms with van der Waals surface area (Å²) in [5.74, 6) is -1.64. The Balaban J connectivity index is 2.37. The summed E-state index contributed by atoms with van der Waals surface area (Å²) in [4.78, 5) is 25.0. The van der Waals surface area contributed by atoms with E-state index in [1.807, 2.05) is 75.4 Å². The molecule has 1 unspecified atom stereocenters. The molecule has 0 saturated carbocycles. The Bertz CT molecular complexity index is 880. The third-order valence-electron chi connectivity index (χ3n) is 4.46. The van der Waals surface area contributed by atoms with Crippen molar-refractivity contribution in [1.82, 2.24) is 0 Å². The average molecular weight is 410 g/mol. The van der Waals surface area contributed by atoms with Crippen LogP contribution in [0.15, 0.2) is 66.2 Å². The summed E-state index contributed by atoms with van der Waals surface area (Å²) in [6.07, 6.45) is 1.57. The molecule has 160 valence electrons. The number of hydrogen-bond donors (Lipinski definition) is 1. The minimum Gasteiger partial charge on any atom is -0.463 e. The number of nitrogens with two attached hydrogens (primary N) is 1. The Morgan fingerprint density at radius 2 is 1.57 bits per heavy atom. The highest BCUT2D eigenvalue weighted by molar-refractivity contribution is 5.88. The van der Waals surface area contributed by atoms with Crippen molar-refractivity contribution in [3.05, 3.63) is 71.8 Å². The summed E-state index contributed by atoms with van der Waals surface area (Å²) in [7, 11) is 0. The molecule has 0 bridgehead atoms. The summed E-state index contributed by atoms with van der Waals surface area (Å²) >= 11 is 0. The highest BCUT2D eigenvalue weighted by atomic mass is 16.6. The third kappa shape index (κ3) is 6.56. The van der Waals surface area contributed by atoms with E-state index in [4.69, 9.17) is 15.2 Å². The van der Waals surface area contributed by atoms with Gasteiger partial charge in [0.2, 0.25) is 0 Å². The van der Waals surface area contributed by atoms with Crippen molar-refractivity contribution in [1.29, 1.82) is 0 Å². The van der Waals surface area contributed by atoms with Crippen LogP contribution in [0.1, 0.15) is 46.1 Å². The minimum absolute atomic E-state index is 0.274. The van der Waals surface area contributed by atoms with Crippen LogP contribution >= 0.6 is 0 Å². The number of ether oxygens (including phenoxy) is 2. The van der Waals surface area contributed by atoms with E-state index in [1.54, 1.807) is 19.9 Å². The second-order valence-corrected chi connectivity index (χ2v) is 8.15. The van der Waals surface area contributed by atoms with Gasteiger partial charge in [-0.15, -0.1) is 0 Å². The first-order valence-electron chi connectivity index (χ1n) is 10.1. The smallest absolute Gasteiger partial charge is 0.333 e. The van der Waals surface area contributed by atoms with Crippen molar-refractivity contribution < 1.29 is 19.1 Å². The quantitative estimate of drug-likeness (QED) is 0.533. The molecule has 0 aliphatic rings. The summed E-state index contributed by atoms with van der Waals surface area (Å²) in [5.41, 5.74) is 8.92. The van der Waals surface area contributed by atoms with Gasteiger partial charge < -0.3 is 15.2 Å². The van der Waals surface area contributed by atoms with Crippen LogP contribution in [0.4, 0.5) is 0 Å². The standard InChI is InChI=1S/C25H31NO4/c1-6-29-23(27)17(2)16-21(26)22(24(28)30-25(3,4)5)20-14-12-19(13-15-20)18-10-8-7-9-11-18/h7-16,21-22H,6,26H2,1-5H3/t21?,22-/m1/s1. The van der Waals surface area contributed by atoms with Crippen molar-refractivity contribution in [2.75, 3.05) is 6.61 Å². The minimum atomic E-state index is -0.751. The van der Waals surface area contributed by atoms with Gasteiger partial charge in [0, 0.05) is 11.6 Å². The molecule has 5 nitrogen and oxygen atoms in total. The van der Waals surface area contributed by atoms with E-state index < -0.39 is 29.5 Å². The maximum absolute atomic E-state index is 13.0. The van der Waals surface area contributed by atoms with Gasteiger partial charge in [0.1, 0.15) is 11.5 Å². The molecule has 0 heterocycles. The summed E-state index contributed by atoms with van der Waals surface area (Å²) in [6.45, 7) is 9.07. The van der Waals surface area contributed by atoms with E-state index in [0.717, 1.165) is 16.7 Å². The van der Waals surface area contributed by atoms with E-state index in [0.29, 0.717) is 5.57 Å². The van der Waals surface area contributed by atoms with Gasteiger partial charge in [-0.3, -0.25) is 4.79 Å². The lowest BCUT2D eigenvalue weighted by molar-refractivity contribution is -0.157. The Labute approximate surface area is 178 Å². The van der Waals surface area contributed by atoms with Gasteiger partial charge >= 0.3 is 11.9 Å². The van der Waals surface area contributed by atoms with Crippen molar-refractivity contribution >= 4 is 11.9 Å². The first kappa shape index (κ1) is 23.4. The second-order valence-electron chi connectivity index (χ2n) is 8.15. The van der Waals surface area contributed by atoms with E-state index in [-0.39, 0.29) is 6.61 Å². The zero-order chi connectivity index (χ0) is 22.3. The molecule has 0 aliphatic carbocycles. The number of rotatable bonds is 7. The maximum Gasteiger partial charge on any atom is 0.333 e. The van der Waals surface area contributed by atoms with Crippen LogP contribution in [0.2, 0.25) is 0 Å². The fourth-order valence-electron chi connectivity index (χ4n) is 3.09. The molecule has 2 rings (SSSR count). The summed E-state index contributed by atoms with van der Waals surface area (Å²) in [5, 5.41) is 0. The Kier molecular flexibility index (Phi) is 7.95. The first-order chi connectivity index (χ1) is 14.1. The molecule has 0 aromatic heterocycles. The van der Waals surface area contributed by atoms with Crippen molar-refractivity contribution in [3.63, 3.8) is 0 Å². The van der Waals surface area contributed by atoms with Crippen molar-refractivity contribution in [3.8, 4) is 11.1 Å². The van der Waals surface area contributed by atoms with Gasteiger partial charge in [0.05, 0.1) is 6.61 Å². The lowest BCUT2D eigenvalue weighted by Gasteiger charge is -2.27. The van der Waals surface area contributed by atoms with Crippen LogP contribution in [-0.2, 0) is 19.1 Å². The van der Waals surface area contributed by atoms with E-state index in [2.05, 4.69) is 0 Å². The number of carbonyl (C=O) groups is 2. The Morgan fingerprint density at radius 1 is 1.00 bits per heavy atom. The SMILES string of the molecule is CCOC(=O)C(C)=CC(N)[C@H](C(=O)OC(C)(C)C)c1ccc(-c2ccccc2)cc1. The molecule has 0 spiro atoms. The van der Waals surface area contributed by atoms with Crippen LogP contribution in [-0.4, -0.2) is 30.2 Å². The normalized spacial score (nSPS) is 14.0. The maximum atomic E-state index is 13.0. The zero-order valence-electron chi connectivity index (χ0n) is 18.3. The van der Waals surface area contributed by atoms with Crippen LogP contribution in [0.3, 0.4) is 0 Å². The highest BCUT2D eigenvalue weighted by Gasteiger charge is 2.31. The number of carbonyl (C=O) groups excluding carboxylic acids is 2. The molecule has 2 atom stereocenters. The van der Waals surface area contributed by atoms with Gasteiger partial charge in [-0.25, -0.2) is 4.79 Å². The molecule has 0 radical (unpaired) electrons. The lowest BCUT2D eigenvalue weighted by Crippen LogP contribution is -2.37. The van der Waals surface area contributed by atoms with Gasteiger partial charge in [-0.05, 0) is 51.3 Å². The predicted octanol–water partition coefficient (Wildman–Crippen LogP) is 4.62. The van der Waals surface area contributed by atoms with Gasteiger partial charge in [-0.2, -0.15) is 0 Å². The van der Waals surface area contributed by atoms with E-state index in [9.17, 15) is 9.59 Å². The monoisotopic (exact) mass is 409 g/mol. The van der Waals surface area contributed by atoms with Gasteiger partial charge in [0.25, 0.3) is 0 Å². The molecular weight excluding hydrogens is 378 g/mol. The number of hydrogen-bond acceptors (Lipinski definition) is 5. The topological polar surface area (TPSA) is 78.6 Å². The van der Waals surface area contributed by atoms with Gasteiger partial charge in [-0.1, -0.05) is 60.7 Å².